The first-order chi connectivity index (χ1) is 15.9. The summed E-state index contributed by atoms with van der Waals surface area (Å²) in [5, 5.41) is 0. The first-order valence-electron chi connectivity index (χ1n) is 11.5. The molecule has 0 unspecified atom stereocenters. The number of amides is 1. The van der Waals surface area contributed by atoms with Crippen LogP contribution in [0.3, 0.4) is 0 Å². The lowest BCUT2D eigenvalue weighted by Gasteiger charge is -2.39. The van der Waals surface area contributed by atoms with Gasteiger partial charge in [0.1, 0.15) is 13.2 Å². The number of hydrogen-bond donors (Lipinski definition) is 0. The minimum absolute atomic E-state index is 0.0370. The zero-order valence-corrected chi connectivity index (χ0v) is 19.6. The van der Waals surface area contributed by atoms with E-state index in [1.807, 2.05) is 12.1 Å². The van der Waals surface area contributed by atoms with Crippen molar-refractivity contribution in [3.63, 3.8) is 0 Å². The van der Waals surface area contributed by atoms with E-state index < -0.39 is 10.0 Å². The third kappa shape index (κ3) is 4.27. The lowest BCUT2D eigenvalue weighted by Crippen LogP contribution is -2.53. The summed E-state index contributed by atoms with van der Waals surface area (Å²) in [5.41, 5.74) is 2.41. The highest BCUT2D eigenvalue weighted by Gasteiger charge is 2.32. The summed E-state index contributed by atoms with van der Waals surface area (Å²) >= 11 is 0. The monoisotopic (exact) mass is 471 g/mol. The lowest BCUT2D eigenvalue weighted by atomic mass is 9.96. The standard InChI is InChI=1S/C24H29N3O5S/c1-18-6-7-19-4-2-3-5-21(19)27(18)17-24(28)25-10-12-26(13-11-25)33(29,30)20-8-9-22-23(16-20)32-15-14-31-22/h2-5,8-9,16,18H,6-7,10-15,17H2,1H3/t18-/m0/s1. The van der Waals surface area contributed by atoms with Gasteiger partial charge in [-0.05, 0) is 43.5 Å². The molecule has 0 radical (unpaired) electrons. The molecule has 0 N–H and O–H groups in total. The van der Waals surface area contributed by atoms with E-state index >= 15 is 0 Å². The van der Waals surface area contributed by atoms with Gasteiger partial charge in [-0.1, -0.05) is 18.2 Å². The van der Waals surface area contributed by atoms with Gasteiger partial charge < -0.3 is 19.3 Å². The SMILES string of the molecule is C[C@H]1CCc2ccccc2N1CC(=O)N1CCN(S(=O)(=O)c2ccc3c(c2)OCCO3)CC1. The molecule has 176 valence electrons. The van der Waals surface area contributed by atoms with Gasteiger partial charge in [-0.2, -0.15) is 4.31 Å². The van der Waals surface area contributed by atoms with Gasteiger partial charge >= 0.3 is 0 Å². The maximum absolute atomic E-state index is 13.2. The summed E-state index contributed by atoms with van der Waals surface area (Å²) in [6.07, 6.45) is 2.05. The van der Waals surface area contributed by atoms with Gasteiger partial charge in [0.05, 0.1) is 11.4 Å². The Kier molecular flexibility index (Phi) is 5.92. The molecule has 0 bridgehead atoms. The number of aryl methyl sites for hydroxylation is 1. The number of fused-ring (bicyclic) bond motifs is 2. The number of benzene rings is 2. The van der Waals surface area contributed by atoms with E-state index in [1.165, 1.54) is 15.9 Å². The summed E-state index contributed by atoms with van der Waals surface area (Å²) in [6, 6.07) is 13.3. The number of carbonyl (C=O) groups excluding carboxylic acids is 1. The average molecular weight is 472 g/mol. The van der Waals surface area contributed by atoms with E-state index in [-0.39, 0.29) is 23.9 Å². The number of piperazine rings is 1. The van der Waals surface area contributed by atoms with Crippen LogP contribution in [0.5, 0.6) is 11.5 Å². The second-order valence-corrected chi connectivity index (χ2v) is 10.7. The quantitative estimate of drug-likeness (QED) is 0.680. The highest BCUT2D eigenvalue weighted by Crippen LogP contribution is 2.33. The van der Waals surface area contributed by atoms with E-state index in [0.717, 1.165) is 18.5 Å². The van der Waals surface area contributed by atoms with Crippen LogP contribution in [0.25, 0.3) is 0 Å². The Morgan fingerprint density at radius 3 is 2.52 bits per heavy atom. The number of hydrogen-bond acceptors (Lipinski definition) is 6. The van der Waals surface area contributed by atoms with Crippen molar-refractivity contribution < 1.29 is 22.7 Å². The molecule has 9 heteroatoms. The maximum Gasteiger partial charge on any atom is 0.243 e. The first kappa shape index (κ1) is 22.0. The molecule has 8 nitrogen and oxygen atoms in total. The van der Waals surface area contributed by atoms with E-state index in [9.17, 15) is 13.2 Å². The van der Waals surface area contributed by atoms with Gasteiger partial charge in [0.25, 0.3) is 0 Å². The van der Waals surface area contributed by atoms with Gasteiger partial charge in [0.2, 0.25) is 15.9 Å². The zero-order valence-electron chi connectivity index (χ0n) is 18.8. The van der Waals surface area contributed by atoms with Crippen molar-refractivity contribution >= 4 is 21.6 Å². The fourth-order valence-corrected chi connectivity index (χ4v) is 6.20. The molecule has 2 aromatic rings. The highest BCUT2D eigenvalue weighted by molar-refractivity contribution is 7.89. The second kappa shape index (κ2) is 8.87. The smallest absolute Gasteiger partial charge is 0.243 e. The largest absolute Gasteiger partial charge is 0.486 e. The Morgan fingerprint density at radius 2 is 1.73 bits per heavy atom. The predicted molar refractivity (Wildman–Crippen MR) is 124 cm³/mol. The minimum Gasteiger partial charge on any atom is -0.486 e. The van der Waals surface area contributed by atoms with E-state index in [1.54, 1.807) is 17.0 Å². The Hall–Kier alpha value is -2.78. The number of rotatable bonds is 4. The van der Waals surface area contributed by atoms with Crippen molar-refractivity contribution in [1.82, 2.24) is 9.21 Å². The molecule has 3 heterocycles. The van der Waals surface area contributed by atoms with Crippen molar-refractivity contribution in [2.75, 3.05) is 50.8 Å². The number of nitrogens with zero attached hydrogens (tertiary/aromatic N) is 3. The number of carbonyl (C=O) groups is 1. The Morgan fingerprint density at radius 1 is 1.00 bits per heavy atom. The van der Waals surface area contributed by atoms with Gasteiger partial charge in [-0.25, -0.2) is 8.42 Å². The van der Waals surface area contributed by atoms with Crippen LogP contribution in [0.15, 0.2) is 47.4 Å². The van der Waals surface area contributed by atoms with Gasteiger partial charge in [0.15, 0.2) is 11.5 Å². The van der Waals surface area contributed by atoms with Crippen molar-refractivity contribution in [2.45, 2.75) is 30.7 Å². The summed E-state index contributed by atoms with van der Waals surface area (Å²) in [6.45, 7) is 4.63. The molecule has 1 saturated heterocycles. The number of anilines is 1. The van der Waals surface area contributed by atoms with Crippen LogP contribution in [0, 0.1) is 0 Å². The van der Waals surface area contributed by atoms with Gasteiger partial charge in [0, 0.05) is 44.0 Å². The number of sulfonamides is 1. The van der Waals surface area contributed by atoms with Crippen molar-refractivity contribution in [3.8, 4) is 11.5 Å². The second-order valence-electron chi connectivity index (χ2n) is 8.73. The molecular formula is C24H29N3O5S. The maximum atomic E-state index is 13.2. The molecule has 1 fully saturated rings. The third-order valence-electron chi connectivity index (χ3n) is 6.71. The van der Waals surface area contributed by atoms with E-state index in [2.05, 4.69) is 24.0 Å². The van der Waals surface area contributed by atoms with Crippen LogP contribution in [-0.4, -0.2) is 75.5 Å². The van der Waals surface area contributed by atoms with Crippen molar-refractivity contribution in [1.29, 1.82) is 0 Å². The van der Waals surface area contributed by atoms with Crippen LogP contribution in [0.4, 0.5) is 5.69 Å². The fraction of sp³-hybridized carbons (Fsp3) is 0.458. The molecule has 0 spiro atoms. The Balaban J connectivity index is 1.23. The number of para-hydroxylation sites is 1. The molecule has 1 atom stereocenters. The molecule has 0 aliphatic carbocycles. The Bertz CT molecular complexity index is 1140. The van der Waals surface area contributed by atoms with Crippen LogP contribution in [0.1, 0.15) is 18.9 Å². The summed E-state index contributed by atoms with van der Waals surface area (Å²) in [5.74, 6) is 1.05. The normalized spacial score (nSPS) is 20.9. The van der Waals surface area contributed by atoms with Crippen molar-refractivity contribution in [2.24, 2.45) is 0 Å². The summed E-state index contributed by atoms with van der Waals surface area (Å²) < 4.78 is 38.8. The van der Waals surface area contributed by atoms with Crippen LogP contribution < -0.4 is 14.4 Å². The van der Waals surface area contributed by atoms with Crippen LogP contribution in [0.2, 0.25) is 0 Å². The van der Waals surface area contributed by atoms with E-state index in [4.69, 9.17) is 9.47 Å². The summed E-state index contributed by atoms with van der Waals surface area (Å²) in [4.78, 5) is 17.2. The lowest BCUT2D eigenvalue weighted by molar-refractivity contribution is -0.131. The van der Waals surface area contributed by atoms with E-state index in [0.29, 0.717) is 50.4 Å². The molecule has 0 saturated carbocycles. The Labute approximate surface area is 194 Å². The van der Waals surface area contributed by atoms with Crippen LogP contribution >= 0.6 is 0 Å². The molecule has 0 aromatic heterocycles. The third-order valence-corrected chi connectivity index (χ3v) is 8.61. The molecule has 1 amide bonds. The highest BCUT2D eigenvalue weighted by atomic mass is 32.2. The summed E-state index contributed by atoms with van der Waals surface area (Å²) in [7, 11) is -3.67. The number of ether oxygens (including phenoxy) is 2. The molecule has 2 aromatic carbocycles. The van der Waals surface area contributed by atoms with Crippen LogP contribution in [-0.2, 0) is 21.2 Å². The molecule has 5 rings (SSSR count). The minimum atomic E-state index is -3.67. The first-order valence-corrected chi connectivity index (χ1v) is 12.9. The van der Waals surface area contributed by atoms with Gasteiger partial charge in [-0.15, -0.1) is 0 Å². The molecule has 3 aliphatic rings. The molecular weight excluding hydrogens is 442 g/mol. The zero-order chi connectivity index (χ0) is 23.0. The topological polar surface area (TPSA) is 79.4 Å². The predicted octanol–water partition coefficient (Wildman–Crippen LogP) is 2.13. The fourth-order valence-electron chi connectivity index (χ4n) is 4.76. The van der Waals surface area contributed by atoms with Crippen molar-refractivity contribution in [3.05, 3.63) is 48.0 Å². The van der Waals surface area contributed by atoms with Gasteiger partial charge in [-0.3, -0.25) is 4.79 Å². The molecule has 3 aliphatic heterocycles. The molecule has 33 heavy (non-hydrogen) atoms. The average Bonchev–Trinajstić information content (AvgIpc) is 2.85.